The standard InChI is InChI=1S/C12H18ClN3O3S/c1-3-9-11(20(13,18)19)10(15-14-9)12(17)16-7-5-4-6-8(16)2/h8H,3-7H2,1-2H3,(H,14,15). The van der Waals surface area contributed by atoms with E-state index in [0.29, 0.717) is 18.7 Å². The third-order valence-corrected chi connectivity index (χ3v) is 5.05. The molecule has 1 aromatic rings. The number of aryl methyl sites for hydroxylation is 1. The summed E-state index contributed by atoms with van der Waals surface area (Å²) < 4.78 is 23.4. The highest BCUT2D eigenvalue weighted by Gasteiger charge is 2.33. The Morgan fingerprint density at radius 1 is 1.50 bits per heavy atom. The summed E-state index contributed by atoms with van der Waals surface area (Å²) in [5, 5.41) is 6.49. The van der Waals surface area contributed by atoms with E-state index >= 15 is 0 Å². The molecule has 0 aliphatic carbocycles. The van der Waals surface area contributed by atoms with Crippen LogP contribution in [0.15, 0.2) is 4.90 Å². The lowest BCUT2D eigenvalue weighted by Gasteiger charge is -2.32. The maximum Gasteiger partial charge on any atom is 0.276 e. The van der Waals surface area contributed by atoms with Gasteiger partial charge in [0.2, 0.25) is 0 Å². The van der Waals surface area contributed by atoms with Gasteiger partial charge >= 0.3 is 0 Å². The molecule has 2 heterocycles. The number of hydrogen-bond donors (Lipinski definition) is 1. The van der Waals surface area contributed by atoms with Crippen LogP contribution in [0, 0.1) is 0 Å². The second-order valence-electron chi connectivity index (χ2n) is 5.01. The SMILES string of the molecule is CCc1[nH]nc(C(=O)N2CCCCC2C)c1S(=O)(=O)Cl. The van der Waals surface area contributed by atoms with Crippen LogP contribution in [0.4, 0.5) is 0 Å². The number of aromatic nitrogens is 2. The Morgan fingerprint density at radius 3 is 2.75 bits per heavy atom. The van der Waals surface area contributed by atoms with Gasteiger partial charge in [-0.2, -0.15) is 5.10 Å². The summed E-state index contributed by atoms with van der Waals surface area (Å²) in [6.07, 6.45) is 3.33. The fourth-order valence-corrected chi connectivity index (χ4v) is 3.90. The lowest BCUT2D eigenvalue weighted by atomic mass is 10.0. The third-order valence-electron chi connectivity index (χ3n) is 3.66. The summed E-state index contributed by atoms with van der Waals surface area (Å²) in [6, 6.07) is 0.0870. The van der Waals surface area contributed by atoms with Crippen LogP contribution in [0.25, 0.3) is 0 Å². The summed E-state index contributed by atoms with van der Waals surface area (Å²) in [7, 11) is 1.45. The van der Waals surface area contributed by atoms with Gasteiger partial charge in [-0.05, 0) is 32.6 Å². The fraction of sp³-hybridized carbons (Fsp3) is 0.667. The summed E-state index contributed by atoms with van der Waals surface area (Å²) in [6.45, 7) is 4.35. The van der Waals surface area contributed by atoms with Crippen molar-refractivity contribution in [3.8, 4) is 0 Å². The molecular weight excluding hydrogens is 302 g/mol. The molecule has 1 unspecified atom stereocenters. The van der Waals surface area contributed by atoms with Crippen LogP contribution in [-0.2, 0) is 15.5 Å². The molecule has 1 aromatic heterocycles. The first-order valence-corrected chi connectivity index (χ1v) is 9.00. The van der Waals surface area contributed by atoms with E-state index in [2.05, 4.69) is 10.2 Å². The van der Waals surface area contributed by atoms with Crippen molar-refractivity contribution < 1.29 is 13.2 Å². The summed E-state index contributed by atoms with van der Waals surface area (Å²) in [5.74, 6) is -0.368. The molecule has 0 bridgehead atoms. The number of halogens is 1. The number of piperidine rings is 1. The van der Waals surface area contributed by atoms with Crippen LogP contribution in [0.5, 0.6) is 0 Å². The molecule has 1 amide bonds. The van der Waals surface area contributed by atoms with Crippen molar-refractivity contribution in [1.82, 2.24) is 15.1 Å². The van der Waals surface area contributed by atoms with Crippen LogP contribution in [0.3, 0.4) is 0 Å². The molecule has 6 nitrogen and oxygen atoms in total. The maximum atomic E-state index is 12.5. The van der Waals surface area contributed by atoms with E-state index in [0.717, 1.165) is 19.3 Å². The molecule has 20 heavy (non-hydrogen) atoms. The van der Waals surface area contributed by atoms with Crippen molar-refractivity contribution in [2.24, 2.45) is 0 Å². The number of likely N-dealkylation sites (tertiary alicyclic amines) is 1. The lowest BCUT2D eigenvalue weighted by Crippen LogP contribution is -2.42. The number of nitrogens with one attached hydrogen (secondary N) is 1. The maximum absolute atomic E-state index is 12.5. The number of hydrogen-bond acceptors (Lipinski definition) is 4. The minimum absolute atomic E-state index is 0.0870. The van der Waals surface area contributed by atoms with E-state index in [9.17, 15) is 13.2 Å². The van der Waals surface area contributed by atoms with Crippen LogP contribution >= 0.6 is 10.7 Å². The number of carbonyl (C=O) groups is 1. The molecule has 1 fully saturated rings. The monoisotopic (exact) mass is 319 g/mol. The van der Waals surface area contributed by atoms with Gasteiger partial charge in [0.25, 0.3) is 15.0 Å². The van der Waals surface area contributed by atoms with Crippen LogP contribution < -0.4 is 0 Å². The van der Waals surface area contributed by atoms with Gasteiger partial charge in [-0.3, -0.25) is 9.89 Å². The number of nitrogens with zero attached hydrogens (tertiary/aromatic N) is 2. The topological polar surface area (TPSA) is 83.1 Å². The second-order valence-corrected chi connectivity index (χ2v) is 7.52. The van der Waals surface area contributed by atoms with Gasteiger partial charge in [0.05, 0.1) is 5.69 Å². The fourth-order valence-electron chi connectivity index (χ4n) is 2.55. The van der Waals surface area contributed by atoms with E-state index in [4.69, 9.17) is 10.7 Å². The third kappa shape index (κ3) is 2.83. The first-order chi connectivity index (χ1) is 9.36. The Bertz CT molecular complexity index is 611. The summed E-state index contributed by atoms with van der Waals surface area (Å²) in [4.78, 5) is 14.0. The smallest absolute Gasteiger partial charge is 0.276 e. The Hall–Kier alpha value is -1.08. The molecule has 8 heteroatoms. The normalized spacial score (nSPS) is 20.1. The zero-order valence-electron chi connectivity index (χ0n) is 11.5. The van der Waals surface area contributed by atoms with E-state index in [1.54, 1.807) is 11.8 Å². The number of rotatable bonds is 3. The van der Waals surface area contributed by atoms with Crippen molar-refractivity contribution in [1.29, 1.82) is 0 Å². The molecule has 0 saturated carbocycles. The second kappa shape index (κ2) is 5.73. The first kappa shape index (κ1) is 15.3. The molecule has 0 radical (unpaired) electrons. The van der Waals surface area contributed by atoms with Crippen molar-refractivity contribution in [2.75, 3.05) is 6.54 Å². The van der Waals surface area contributed by atoms with Gasteiger partial charge in [0, 0.05) is 23.3 Å². The number of carbonyl (C=O) groups excluding carboxylic acids is 1. The zero-order valence-corrected chi connectivity index (χ0v) is 13.1. The summed E-state index contributed by atoms with van der Waals surface area (Å²) >= 11 is 0. The lowest BCUT2D eigenvalue weighted by molar-refractivity contribution is 0.0625. The van der Waals surface area contributed by atoms with Gasteiger partial charge in [-0.15, -0.1) is 0 Å². The Kier molecular flexibility index (Phi) is 4.39. The molecule has 1 N–H and O–H groups in total. The predicted molar refractivity (Wildman–Crippen MR) is 75.4 cm³/mol. The quantitative estimate of drug-likeness (QED) is 0.863. The molecule has 112 valence electrons. The molecule has 1 aliphatic heterocycles. The Balaban J connectivity index is 2.42. The van der Waals surface area contributed by atoms with E-state index < -0.39 is 9.05 Å². The number of H-pyrrole nitrogens is 1. The van der Waals surface area contributed by atoms with Crippen molar-refractivity contribution in [3.05, 3.63) is 11.4 Å². The highest BCUT2D eigenvalue weighted by Crippen LogP contribution is 2.26. The van der Waals surface area contributed by atoms with E-state index in [-0.39, 0.29) is 22.5 Å². The number of amides is 1. The molecule has 0 spiro atoms. The molecule has 2 rings (SSSR count). The van der Waals surface area contributed by atoms with Crippen molar-refractivity contribution >= 4 is 25.6 Å². The minimum Gasteiger partial charge on any atom is -0.335 e. The average Bonchev–Trinajstić information content (AvgIpc) is 2.82. The Labute approximate surface area is 122 Å². The molecule has 1 aliphatic rings. The number of aromatic amines is 1. The van der Waals surface area contributed by atoms with Crippen LogP contribution in [-0.4, -0.2) is 42.0 Å². The molecule has 1 atom stereocenters. The zero-order chi connectivity index (χ0) is 14.9. The van der Waals surface area contributed by atoms with Crippen molar-refractivity contribution in [3.63, 3.8) is 0 Å². The molecule has 0 aromatic carbocycles. The van der Waals surface area contributed by atoms with Crippen molar-refractivity contribution in [2.45, 2.75) is 50.5 Å². The largest absolute Gasteiger partial charge is 0.335 e. The highest BCUT2D eigenvalue weighted by molar-refractivity contribution is 8.13. The van der Waals surface area contributed by atoms with Gasteiger partial charge in [-0.25, -0.2) is 8.42 Å². The molecule has 1 saturated heterocycles. The molecular formula is C12H18ClN3O3S. The summed E-state index contributed by atoms with van der Waals surface area (Å²) in [5.41, 5.74) is 0.276. The van der Waals surface area contributed by atoms with E-state index in [1.165, 1.54) is 0 Å². The van der Waals surface area contributed by atoms with Gasteiger partial charge < -0.3 is 4.90 Å². The predicted octanol–water partition coefficient (Wildman–Crippen LogP) is 1.91. The van der Waals surface area contributed by atoms with Gasteiger partial charge in [0.15, 0.2) is 5.69 Å². The minimum atomic E-state index is -4.00. The van der Waals surface area contributed by atoms with Gasteiger partial charge in [0.1, 0.15) is 4.90 Å². The average molecular weight is 320 g/mol. The first-order valence-electron chi connectivity index (χ1n) is 6.69. The van der Waals surface area contributed by atoms with Gasteiger partial charge in [-0.1, -0.05) is 6.92 Å². The Morgan fingerprint density at radius 2 is 2.20 bits per heavy atom. The van der Waals surface area contributed by atoms with Crippen LogP contribution in [0.1, 0.15) is 49.3 Å². The highest BCUT2D eigenvalue weighted by atomic mass is 35.7. The van der Waals surface area contributed by atoms with Crippen LogP contribution in [0.2, 0.25) is 0 Å². The van der Waals surface area contributed by atoms with E-state index in [1.807, 2.05) is 6.92 Å².